The minimum atomic E-state index is -0.429. The molecule has 0 heterocycles. The molecule has 0 aromatic heterocycles. The van der Waals surface area contributed by atoms with Crippen molar-refractivity contribution in [2.45, 2.75) is 92.3 Å². The minimum Gasteiger partial charge on any atom is -0.393 e. The van der Waals surface area contributed by atoms with Crippen molar-refractivity contribution < 1.29 is 10.2 Å². The summed E-state index contributed by atoms with van der Waals surface area (Å²) >= 11 is 0. The van der Waals surface area contributed by atoms with E-state index in [0.717, 1.165) is 12.3 Å². The van der Waals surface area contributed by atoms with Gasteiger partial charge in [-0.25, -0.2) is 0 Å². The Labute approximate surface area is 184 Å². The number of hydrogen-bond acceptors (Lipinski definition) is 2. The van der Waals surface area contributed by atoms with Crippen LogP contribution in [0.3, 0.4) is 0 Å². The van der Waals surface area contributed by atoms with Gasteiger partial charge in [0, 0.05) is 11.8 Å². The summed E-state index contributed by atoms with van der Waals surface area (Å²) in [5.41, 5.74) is 3.08. The maximum atomic E-state index is 11.0. The van der Waals surface area contributed by atoms with E-state index in [9.17, 15) is 10.2 Å². The van der Waals surface area contributed by atoms with Crippen LogP contribution in [0, 0.1) is 46.3 Å². The molecule has 0 radical (unpaired) electrons. The molecule has 2 nitrogen and oxygen atoms in total. The molecule has 2 N–H and O–H groups in total. The summed E-state index contributed by atoms with van der Waals surface area (Å²) in [6.07, 6.45) is 15.1. The predicted molar refractivity (Wildman–Crippen MR) is 125 cm³/mol. The first-order chi connectivity index (χ1) is 14.1. The van der Waals surface area contributed by atoms with E-state index in [1.54, 1.807) is 5.57 Å². The molecule has 4 rings (SSSR count). The zero-order valence-electron chi connectivity index (χ0n) is 20.1. The molecule has 0 aromatic carbocycles. The molecule has 0 bridgehead atoms. The molecule has 0 aliphatic heterocycles. The van der Waals surface area contributed by atoms with E-state index in [4.69, 9.17) is 0 Å². The molecule has 9 atom stereocenters. The fraction of sp³-hybridized carbons (Fsp3) is 0.786. The van der Waals surface area contributed by atoms with Crippen molar-refractivity contribution in [2.75, 3.05) is 0 Å². The van der Waals surface area contributed by atoms with Crippen molar-refractivity contribution in [1.29, 1.82) is 0 Å². The van der Waals surface area contributed by atoms with Crippen LogP contribution in [0.2, 0.25) is 0 Å². The van der Waals surface area contributed by atoms with E-state index in [1.807, 2.05) is 0 Å². The second-order valence-corrected chi connectivity index (χ2v) is 11.9. The number of rotatable bonds is 4. The van der Waals surface area contributed by atoms with E-state index in [-0.39, 0.29) is 11.5 Å². The van der Waals surface area contributed by atoms with Crippen LogP contribution in [-0.2, 0) is 0 Å². The Bertz CT molecular complexity index is 746. The summed E-state index contributed by atoms with van der Waals surface area (Å²) < 4.78 is 0. The van der Waals surface area contributed by atoms with Gasteiger partial charge in [0.05, 0.1) is 12.2 Å². The SMILES string of the molecule is CC(C)[C@@H](C)C=C[C@@H](C)[C@H]1CC[C@H]2C3=CC=C4C[C@@H](O)C[C@H](O)[C@]4(C)[C@H]3CC[C@]12C. The summed E-state index contributed by atoms with van der Waals surface area (Å²) in [5, 5.41) is 21.3. The topological polar surface area (TPSA) is 40.5 Å². The van der Waals surface area contributed by atoms with Gasteiger partial charge in [-0.3, -0.25) is 0 Å². The first-order valence-electron chi connectivity index (χ1n) is 12.5. The Kier molecular flexibility index (Phi) is 5.90. The molecule has 0 spiro atoms. The van der Waals surface area contributed by atoms with Crippen molar-refractivity contribution in [2.24, 2.45) is 46.3 Å². The van der Waals surface area contributed by atoms with Crippen LogP contribution >= 0.6 is 0 Å². The van der Waals surface area contributed by atoms with Gasteiger partial charge in [0.2, 0.25) is 0 Å². The summed E-state index contributed by atoms with van der Waals surface area (Å²) in [6.45, 7) is 14.2. The third-order valence-corrected chi connectivity index (χ3v) is 10.1. The fourth-order valence-corrected chi connectivity index (χ4v) is 7.66. The second-order valence-electron chi connectivity index (χ2n) is 11.9. The average molecular weight is 413 g/mol. The Morgan fingerprint density at radius 3 is 2.40 bits per heavy atom. The van der Waals surface area contributed by atoms with Crippen LogP contribution in [-0.4, -0.2) is 22.4 Å². The Balaban J connectivity index is 1.59. The van der Waals surface area contributed by atoms with Crippen LogP contribution in [0.1, 0.15) is 80.1 Å². The number of fused-ring (bicyclic) bond motifs is 5. The van der Waals surface area contributed by atoms with E-state index in [0.29, 0.717) is 41.4 Å². The zero-order chi connectivity index (χ0) is 21.8. The Morgan fingerprint density at radius 1 is 0.967 bits per heavy atom. The van der Waals surface area contributed by atoms with Crippen molar-refractivity contribution in [3.8, 4) is 0 Å². The van der Waals surface area contributed by atoms with Crippen LogP contribution in [0.15, 0.2) is 35.5 Å². The summed E-state index contributed by atoms with van der Waals surface area (Å²) in [4.78, 5) is 0. The molecule has 0 aromatic rings. The standard InChI is InChI=1S/C28H44O2/c1-17(2)18(3)7-8-19(4)23-11-12-24-22-10-9-20-15-21(29)16-26(30)28(20,6)25(22)13-14-27(23,24)5/h7-10,17-19,21,23-26,29-30H,11-16H2,1-6H3/t18-,19+,21+,23+,24-,25-,26-,27+,28-/m0/s1. The van der Waals surface area contributed by atoms with E-state index in [1.165, 1.54) is 31.3 Å². The molecule has 4 aliphatic rings. The van der Waals surface area contributed by atoms with Crippen LogP contribution < -0.4 is 0 Å². The lowest BCUT2D eigenvalue weighted by molar-refractivity contribution is -0.0537. The number of aliphatic hydroxyl groups is 2. The van der Waals surface area contributed by atoms with Crippen molar-refractivity contribution in [3.05, 3.63) is 35.5 Å². The van der Waals surface area contributed by atoms with E-state index >= 15 is 0 Å². The van der Waals surface area contributed by atoms with Crippen molar-refractivity contribution >= 4 is 0 Å². The highest BCUT2D eigenvalue weighted by Crippen LogP contribution is 2.66. The largest absolute Gasteiger partial charge is 0.393 e. The maximum absolute atomic E-state index is 11.0. The van der Waals surface area contributed by atoms with Gasteiger partial charge in [-0.15, -0.1) is 0 Å². The maximum Gasteiger partial charge on any atom is 0.0661 e. The molecule has 4 aliphatic carbocycles. The van der Waals surface area contributed by atoms with Gasteiger partial charge < -0.3 is 10.2 Å². The van der Waals surface area contributed by atoms with Gasteiger partial charge in [0.25, 0.3) is 0 Å². The molecular formula is C28H44O2. The highest BCUT2D eigenvalue weighted by atomic mass is 16.3. The lowest BCUT2D eigenvalue weighted by Crippen LogP contribution is -2.52. The Morgan fingerprint density at radius 2 is 1.70 bits per heavy atom. The number of hydrogen-bond donors (Lipinski definition) is 2. The molecule has 0 unspecified atom stereocenters. The van der Waals surface area contributed by atoms with Gasteiger partial charge in [0.1, 0.15) is 0 Å². The van der Waals surface area contributed by atoms with Gasteiger partial charge >= 0.3 is 0 Å². The fourth-order valence-electron chi connectivity index (χ4n) is 7.66. The minimum absolute atomic E-state index is 0.180. The summed E-state index contributed by atoms with van der Waals surface area (Å²) in [6, 6.07) is 0. The lowest BCUT2D eigenvalue weighted by atomic mass is 9.49. The zero-order valence-corrected chi connectivity index (χ0v) is 20.1. The molecule has 0 amide bonds. The van der Waals surface area contributed by atoms with Gasteiger partial charge in [0.15, 0.2) is 0 Å². The number of aliphatic hydroxyl groups excluding tert-OH is 2. The second kappa shape index (κ2) is 7.93. The quantitative estimate of drug-likeness (QED) is 0.532. The first-order valence-corrected chi connectivity index (χ1v) is 12.5. The molecule has 168 valence electrons. The van der Waals surface area contributed by atoms with Gasteiger partial charge in [-0.2, -0.15) is 0 Å². The van der Waals surface area contributed by atoms with Crippen LogP contribution in [0.25, 0.3) is 0 Å². The van der Waals surface area contributed by atoms with Gasteiger partial charge in [-0.1, -0.05) is 77.0 Å². The van der Waals surface area contributed by atoms with Crippen molar-refractivity contribution in [3.63, 3.8) is 0 Å². The molecule has 2 heteroatoms. The smallest absolute Gasteiger partial charge is 0.0661 e. The highest BCUT2D eigenvalue weighted by molar-refractivity contribution is 5.40. The highest BCUT2D eigenvalue weighted by Gasteiger charge is 2.58. The molecular weight excluding hydrogens is 368 g/mol. The van der Waals surface area contributed by atoms with Crippen LogP contribution in [0.5, 0.6) is 0 Å². The molecule has 30 heavy (non-hydrogen) atoms. The van der Waals surface area contributed by atoms with Crippen molar-refractivity contribution in [1.82, 2.24) is 0 Å². The van der Waals surface area contributed by atoms with E-state index < -0.39 is 6.10 Å². The molecule has 3 fully saturated rings. The monoisotopic (exact) mass is 412 g/mol. The Hall–Kier alpha value is -0.860. The van der Waals surface area contributed by atoms with Gasteiger partial charge in [-0.05, 0) is 73.0 Å². The molecule has 3 saturated carbocycles. The van der Waals surface area contributed by atoms with Crippen LogP contribution in [0.4, 0.5) is 0 Å². The lowest BCUT2D eigenvalue weighted by Gasteiger charge is -2.56. The summed E-state index contributed by atoms with van der Waals surface area (Å²) in [5.74, 6) is 3.80. The predicted octanol–water partition coefficient (Wildman–Crippen LogP) is 6.30. The third kappa shape index (κ3) is 3.37. The normalized spacial score (nSPS) is 45.4. The first kappa shape index (κ1) is 22.3. The number of allylic oxidation sites excluding steroid dienone is 5. The molecule has 0 saturated heterocycles. The third-order valence-electron chi connectivity index (χ3n) is 10.1. The summed E-state index contributed by atoms with van der Waals surface area (Å²) in [7, 11) is 0. The average Bonchev–Trinajstić information content (AvgIpc) is 3.04. The van der Waals surface area contributed by atoms with E-state index in [2.05, 4.69) is 65.8 Å².